The normalized spacial score (nSPS) is 13.9. The minimum Gasteiger partial charge on any atom is -0.458 e. The maximum absolute atomic E-state index is 12.5. The number of amides is 2. The Balaban J connectivity index is 4.48. The van der Waals surface area contributed by atoms with Crippen LogP contribution in [0.15, 0.2) is 0 Å². The molecule has 8 N–H and O–H groups in total. The highest BCUT2D eigenvalue weighted by Gasteiger charge is 2.43. The quantitative estimate of drug-likeness (QED) is 0.0589. The first-order valence-corrected chi connectivity index (χ1v) is 17.9. The Morgan fingerprint density at radius 3 is 1.83 bits per heavy atom. The molecular weight excluding hydrogens is 625 g/mol. The number of hydrogen-bond acceptors (Lipinski definition) is 11. The van der Waals surface area contributed by atoms with Crippen molar-refractivity contribution in [1.82, 2.24) is 10.6 Å². The molecule has 0 heterocycles. The minimum absolute atomic E-state index is 0.115. The molecular formula is C22H46N2O15P3+. The van der Waals surface area contributed by atoms with E-state index in [0.29, 0.717) is 25.7 Å². The van der Waals surface area contributed by atoms with E-state index in [2.05, 4.69) is 10.6 Å². The van der Waals surface area contributed by atoms with Gasteiger partial charge in [0.25, 0.3) is 0 Å². The van der Waals surface area contributed by atoms with E-state index in [4.69, 9.17) is 38.1 Å². The van der Waals surface area contributed by atoms with Crippen LogP contribution in [0, 0.1) is 0 Å². The summed E-state index contributed by atoms with van der Waals surface area (Å²) in [7, 11) is -14.5. The van der Waals surface area contributed by atoms with Crippen LogP contribution in [-0.2, 0) is 37.2 Å². The summed E-state index contributed by atoms with van der Waals surface area (Å²) < 4.78 is 42.8. The highest BCUT2D eigenvalue weighted by molar-refractivity contribution is 7.70. The Bertz CT molecular complexity index is 947. The lowest BCUT2D eigenvalue weighted by Gasteiger charge is -2.25. The molecule has 42 heavy (non-hydrogen) atoms. The predicted molar refractivity (Wildman–Crippen MR) is 151 cm³/mol. The maximum atomic E-state index is 12.5. The van der Waals surface area contributed by atoms with E-state index >= 15 is 0 Å². The van der Waals surface area contributed by atoms with Gasteiger partial charge in [0.15, 0.2) is 11.4 Å². The van der Waals surface area contributed by atoms with Crippen molar-refractivity contribution in [3.63, 3.8) is 0 Å². The molecule has 0 rings (SSSR count). The first-order valence-electron chi connectivity index (χ1n) is 13.1. The Morgan fingerprint density at radius 1 is 0.810 bits per heavy atom. The fourth-order valence-electron chi connectivity index (χ4n) is 3.07. The number of nitrogens with one attached hydrogen (secondary N) is 2. The summed E-state index contributed by atoms with van der Waals surface area (Å²) in [5.74, 6) is -1.51. The second-order valence-electron chi connectivity index (χ2n) is 11.3. The molecule has 0 fully saturated rings. The zero-order valence-corrected chi connectivity index (χ0v) is 27.4. The van der Waals surface area contributed by atoms with Gasteiger partial charge in [-0.15, -0.1) is 0 Å². The first kappa shape index (κ1) is 40.8. The van der Waals surface area contributed by atoms with Crippen LogP contribution in [0.4, 0.5) is 4.79 Å². The molecule has 0 saturated carbocycles. The third kappa shape index (κ3) is 20.6. The Labute approximate surface area is 246 Å². The minimum atomic E-state index is -5.09. The molecule has 0 bridgehead atoms. The lowest BCUT2D eigenvalue weighted by Crippen LogP contribution is -2.48. The third-order valence-corrected chi connectivity index (χ3v) is 9.73. The molecule has 2 amide bonds. The van der Waals surface area contributed by atoms with E-state index in [1.807, 2.05) is 0 Å². The highest BCUT2D eigenvalue weighted by atomic mass is 31.2. The van der Waals surface area contributed by atoms with Gasteiger partial charge < -0.3 is 39.7 Å². The van der Waals surface area contributed by atoms with E-state index in [0.717, 1.165) is 0 Å². The topological polar surface area (TPSA) is 268 Å². The second kappa shape index (κ2) is 17.3. The molecule has 0 aromatic carbocycles. The van der Waals surface area contributed by atoms with Gasteiger partial charge in [-0.25, -0.2) is 9.59 Å². The molecule has 0 radical (unpaired) electrons. The Morgan fingerprint density at radius 2 is 1.33 bits per heavy atom. The lowest BCUT2D eigenvalue weighted by atomic mass is 10.2. The fourth-order valence-corrected chi connectivity index (χ4v) is 6.36. The van der Waals surface area contributed by atoms with E-state index in [-0.39, 0.29) is 13.2 Å². The molecule has 1 atom stereocenters. The molecule has 0 aromatic heterocycles. The van der Waals surface area contributed by atoms with E-state index < -0.39 is 83.4 Å². The largest absolute Gasteiger partial charge is 0.570 e. The summed E-state index contributed by atoms with van der Waals surface area (Å²) in [5, 5.41) is 2.52. The van der Waals surface area contributed by atoms with Gasteiger partial charge in [-0.05, 0) is 60.8 Å². The van der Waals surface area contributed by atoms with E-state index in [9.17, 15) is 33.3 Å². The Hall–Kier alpha value is -1.22. The number of hydrogen-bond donors (Lipinski definition) is 8. The number of ether oxygens (including phenoxy) is 2. The van der Waals surface area contributed by atoms with Gasteiger partial charge in [0, 0.05) is 13.0 Å². The lowest BCUT2D eigenvalue weighted by molar-refractivity contribution is -0.158. The average molecular weight is 672 g/mol. The number of esters is 1. The number of carbonyl (C=O) groups excluding carboxylic acids is 3. The predicted octanol–water partition coefficient (Wildman–Crippen LogP) is 2.06. The molecule has 1 unspecified atom stereocenters. The molecule has 0 aromatic rings. The van der Waals surface area contributed by atoms with Gasteiger partial charge in [-0.2, -0.15) is 18.8 Å². The van der Waals surface area contributed by atoms with Crippen LogP contribution >= 0.6 is 23.4 Å². The van der Waals surface area contributed by atoms with Crippen molar-refractivity contribution < 1.29 is 71.4 Å². The molecule has 0 aliphatic carbocycles. The third-order valence-electron chi connectivity index (χ3n) is 4.85. The van der Waals surface area contributed by atoms with Crippen LogP contribution in [-0.4, -0.2) is 89.7 Å². The van der Waals surface area contributed by atoms with E-state index in [1.54, 1.807) is 41.5 Å². The molecule has 17 nitrogen and oxygen atoms in total. The van der Waals surface area contributed by atoms with Crippen molar-refractivity contribution in [3.8, 4) is 0 Å². The Kier molecular flexibility index (Phi) is 16.8. The molecule has 0 spiro atoms. The molecule has 0 saturated heterocycles. The highest BCUT2D eigenvalue weighted by Crippen LogP contribution is 2.61. The van der Waals surface area contributed by atoms with Crippen LogP contribution in [0.25, 0.3) is 0 Å². The zero-order valence-electron chi connectivity index (χ0n) is 24.7. The standard InChI is InChI=1S/C22H45N2O15P3/c1-21(2,3)38-19(26)16(24-20(27)39-22(4,5)6)15-37-42(34,35)36-14-10-8-7-9-13-23-17(25)11-12-18(40(28,29)30)41(31,32)33/h16,18,34-35H,7-15H2,1-6H3,(H5-,23,24,25,27,28,29,30,31,32,33)/p+1. The van der Waals surface area contributed by atoms with Gasteiger partial charge in [0.2, 0.25) is 5.91 Å². The van der Waals surface area contributed by atoms with Crippen molar-refractivity contribution in [3.05, 3.63) is 0 Å². The van der Waals surface area contributed by atoms with Crippen LogP contribution in [0.2, 0.25) is 0 Å². The van der Waals surface area contributed by atoms with Crippen molar-refractivity contribution >= 4 is 41.3 Å². The molecule has 248 valence electrons. The average Bonchev–Trinajstić information content (AvgIpc) is 2.74. The van der Waals surface area contributed by atoms with Crippen LogP contribution in [0.3, 0.4) is 0 Å². The smallest absolute Gasteiger partial charge is 0.458 e. The zero-order chi connectivity index (χ0) is 33.0. The summed E-state index contributed by atoms with van der Waals surface area (Å²) in [6.07, 6.45) is -0.0909. The van der Waals surface area contributed by atoms with Gasteiger partial charge in [-0.1, -0.05) is 12.8 Å². The number of carbonyl (C=O) groups is 3. The van der Waals surface area contributed by atoms with Gasteiger partial charge in [0.1, 0.15) is 24.4 Å². The summed E-state index contributed by atoms with van der Waals surface area (Å²) in [4.78, 5) is 92.9. The van der Waals surface area contributed by atoms with Crippen molar-refractivity contribution in [2.45, 2.75) is 103 Å². The monoisotopic (exact) mass is 671 g/mol. The van der Waals surface area contributed by atoms with Gasteiger partial charge in [0.05, 0.1) is 0 Å². The van der Waals surface area contributed by atoms with Crippen molar-refractivity contribution in [2.75, 3.05) is 19.8 Å². The van der Waals surface area contributed by atoms with Gasteiger partial charge >= 0.3 is 35.4 Å². The second-order valence-corrected chi connectivity index (χ2v) is 16.8. The summed E-state index contributed by atoms with van der Waals surface area (Å²) in [6, 6.07) is -1.42. The molecule has 0 aliphatic rings. The van der Waals surface area contributed by atoms with Crippen LogP contribution in [0.5, 0.6) is 0 Å². The summed E-state index contributed by atoms with van der Waals surface area (Å²) >= 11 is 0. The molecule has 20 heteroatoms. The van der Waals surface area contributed by atoms with Crippen LogP contribution in [0.1, 0.15) is 80.1 Å². The molecule has 0 aliphatic heterocycles. The SMILES string of the molecule is CC(C)(C)OC(=O)NC(CO[P+](O)(O)OCCCCCCNC(=O)CCC(P(=O)(O)O)P(=O)(O)O)C(=O)OC(C)(C)C. The van der Waals surface area contributed by atoms with Gasteiger partial charge in [-0.3, -0.25) is 13.9 Å². The van der Waals surface area contributed by atoms with Crippen LogP contribution < -0.4 is 10.6 Å². The number of rotatable bonds is 18. The maximum Gasteiger partial charge on any atom is 0.570 e. The summed E-state index contributed by atoms with van der Waals surface area (Å²) in [6.45, 7) is 9.13. The van der Waals surface area contributed by atoms with Crippen molar-refractivity contribution in [1.29, 1.82) is 0 Å². The first-order chi connectivity index (χ1) is 18.8. The van der Waals surface area contributed by atoms with E-state index in [1.165, 1.54) is 0 Å². The van der Waals surface area contributed by atoms with Crippen molar-refractivity contribution in [2.24, 2.45) is 0 Å². The number of alkyl carbamates (subject to hydrolysis) is 1. The fraction of sp³-hybridized carbons (Fsp3) is 0.864. The number of unbranched alkanes of at least 4 members (excludes halogenated alkanes) is 3. The summed E-state index contributed by atoms with van der Waals surface area (Å²) in [5.41, 5.74) is -1.75.